The molecule has 0 amide bonds. The van der Waals surface area contributed by atoms with E-state index in [1.54, 1.807) is 6.92 Å². The highest BCUT2D eigenvalue weighted by Crippen LogP contribution is 2.75. The van der Waals surface area contributed by atoms with Crippen LogP contribution in [0.4, 0.5) is 0 Å². The molecule has 3 saturated carbocycles. The molecule has 0 bridgehead atoms. The maximum absolute atomic E-state index is 13.5. The smallest absolute Gasteiger partial charge is 0.137 e. The minimum atomic E-state index is 0.118. The lowest BCUT2D eigenvalue weighted by atomic mass is 9.53. The molecule has 8 unspecified atom stereocenters. The first kappa shape index (κ1) is 27.9. The SMILES string of the molecule is CC(=O)CC(C)[C@H]1C(C)(C)C(CCC(C)CC(=O)C2C(C)CCC(C)C2(C)C)CC2C(C)[C@@]21C. The fourth-order valence-corrected chi connectivity index (χ4v) is 9.79. The van der Waals surface area contributed by atoms with Gasteiger partial charge in [0.25, 0.3) is 0 Å². The number of Topliss-reactive ketones (excluding diaryl/α,β-unsaturated/α-hetero) is 2. The van der Waals surface area contributed by atoms with Crippen LogP contribution >= 0.6 is 0 Å². The van der Waals surface area contributed by atoms with Gasteiger partial charge in [-0.05, 0) is 96.2 Å². The van der Waals surface area contributed by atoms with Crippen LogP contribution in [0.3, 0.4) is 0 Å². The third kappa shape index (κ3) is 4.82. The highest BCUT2D eigenvalue weighted by molar-refractivity contribution is 5.82. The summed E-state index contributed by atoms with van der Waals surface area (Å²) in [5.74, 6) is 6.00. The summed E-state index contributed by atoms with van der Waals surface area (Å²) in [6.07, 6.45) is 7.63. The van der Waals surface area contributed by atoms with Crippen LogP contribution in [0.2, 0.25) is 0 Å². The molecule has 0 radical (unpaired) electrons. The van der Waals surface area contributed by atoms with Crippen LogP contribution in [0.1, 0.15) is 121 Å². The van der Waals surface area contributed by atoms with Gasteiger partial charge in [-0.25, -0.2) is 0 Å². The molecule has 196 valence electrons. The highest BCUT2D eigenvalue weighted by atomic mass is 16.1. The summed E-state index contributed by atoms with van der Waals surface area (Å²) in [6, 6.07) is 0. The van der Waals surface area contributed by atoms with Gasteiger partial charge in [0.2, 0.25) is 0 Å². The average molecular weight is 473 g/mol. The summed E-state index contributed by atoms with van der Waals surface area (Å²) in [6.45, 7) is 25.7. The van der Waals surface area contributed by atoms with Gasteiger partial charge in [-0.15, -0.1) is 0 Å². The Labute approximate surface area is 211 Å². The van der Waals surface area contributed by atoms with Gasteiger partial charge in [-0.3, -0.25) is 4.79 Å². The van der Waals surface area contributed by atoms with Crippen molar-refractivity contribution in [2.75, 3.05) is 0 Å². The monoisotopic (exact) mass is 472 g/mol. The van der Waals surface area contributed by atoms with Crippen molar-refractivity contribution < 1.29 is 9.59 Å². The minimum absolute atomic E-state index is 0.118. The summed E-state index contributed by atoms with van der Waals surface area (Å²) in [5.41, 5.74) is 0.756. The Morgan fingerprint density at radius 3 is 2.12 bits per heavy atom. The molecule has 0 aromatic carbocycles. The Morgan fingerprint density at radius 1 is 0.912 bits per heavy atom. The van der Waals surface area contributed by atoms with Crippen LogP contribution in [0.5, 0.6) is 0 Å². The van der Waals surface area contributed by atoms with Crippen LogP contribution in [0, 0.1) is 69.5 Å². The molecule has 0 heterocycles. The third-order valence-electron chi connectivity index (χ3n) is 12.1. The Kier molecular flexibility index (Phi) is 7.93. The molecule has 0 aromatic heterocycles. The molecular formula is C32H56O2. The van der Waals surface area contributed by atoms with Gasteiger partial charge in [0, 0.05) is 18.8 Å². The highest BCUT2D eigenvalue weighted by Gasteiger charge is 2.70. The van der Waals surface area contributed by atoms with E-state index in [4.69, 9.17) is 0 Å². The standard InChI is InChI=1S/C32H56O2/c1-19(16-27(34)28-20(2)13-14-22(4)30(28,7)8)12-15-25-18-26-24(6)32(26,11)29(31(25,9)10)21(3)17-23(5)33/h19-22,24-26,28-29H,12-18H2,1-11H3/t19?,20?,21?,22?,24?,25?,26?,28?,29-,32-/m0/s1. The first-order chi connectivity index (χ1) is 15.6. The number of rotatable bonds is 9. The van der Waals surface area contributed by atoms with E-state index in [0.29, 0.717) is 58.9 Å². The second-order valence-corrected chi connectivity index (χ2v) is 15.0. The van der Waals surface area contributed by atoms with Crippen molar-refractivity contribution in [3.63, 3.8) is 0 Å². The van der Waals surface area contributed by atoms with Crippen molar-refractivity contribution in [3.05, 3.63) is 0 Å². The number of ketones is 2. The van der Waals surface area contributed by atoms with Gasteiger partial charge in [-0.2, -0.15) is 0 Å². The lowest BCUT2D eigenvalue weighted by molar-refractivity contribution is -0.134. The Balaban J connectivity index is 1.65. The van der Waals surface area contributed by atoms with E-state index in [1.807, 2.05) is 0 Å². The molecule has 2 nitrogen and oxygen atoms in total. The van der Waals surface area contributed by atoms with Crippen molar-refractivity contribution in [3.8, 4) is 0 Å². The predicted molar refractivity (Wildman–Crippen MR) is 143 cm³/mol. The molecule has 3 aliphatic carbocycles. The van der Waals surface area contributed by atoms with Gasteiger partial charge in [0.05, 0.1) is 0 Å². The number of fused-ring (bicyclic) bond motifs is 1. The molecule has 3 fully saturated rings. The zero-order valence-corrected chi connectivity index (χ0v) is 24.5. The van der Waals surface area contributed by atoms with Crippen molar-refractivity contribution in [1.29, 1.82) is 0 Å². The quantitative estimate of drug-likeness (QED) is 0.336. The second-order valence-electron chi connectivity index (χ2n) is 15.0. The van der Waals surface area contributed by atoms with Crippen LogP contribution in [0.15, 0.2) is 0 Å². The summed E-state index contributed by atoms with van der Waals surface area (Å²) < 4.78 is 0. The normalized spacial score (nSPS) is 42.4. The van der Waals surface area contributed by atoms with E-state index >= 15 is 0 Å². The lowest BCUT2D eigenvalue weighted by Gasteiger charge is -2.52. The number of hydrogen-bond acceptors (Lipinski definition) is 2. The average Bonchev–Trinajstić information content (AvgIpc) is 3.20. The van der Waals surface area contributed by atoms with E-state index < -0.39 is 0 Å². The van der Waals surface area contributed by atoms with E-state index in [2.05, 4.69) is 69.2 Å². The number of carbonyl (C=O) groups excluding carboxylic acids is 2. The summed E-state index contributed by atoms with van der Waals surface area (Å²) in [5, 5.41) is 0. The summed E-state index contributed by atoms with van der Waals surface area (Å²) in [7, 11) is 0. The number of hydrogen-bond donors (Lipinski definition) is 0. The molecule has 0 N–H and O–H groups in total. The first-order valence-corrected chi connectivity index (χ1v) is 14.6. The third-order valence-corrected chi connectivity index (χ3v) is 12.1. The van der Waals surface area contributed by atoms with Crippen molar-refractivity contribution in [2.24, 2.45) is 69.5 Å². The molecule has 3 rings (SSSR count). The van der Waals surface area contributed by atoms with Gasteiger partial charge in [0.15, 0.2) is 0 Å². The lowest BCUT2D eigenvalue weighted by Crippen LogP contribution is -2.46. The largest absolute Gasteiger partial charge is 0.300 e. The van der Waals surface area contributed by atoms with Gasteiger partial charge in [0.1, 0.15) is 11.6 Å². The maximum atomic E-state index is 13.5. The van der Waals surface area contributed by atoms with E-state index in [0.717, 1.165) is 24.7 Å². The topological polar surface area (TPSA) is 34.1 Å². The van der Waals surface area contributed by atoms with Gasteiger partial charge in [-0.1, -0.05) is 75.7 Å². The first-order valence-electron chi connectivity index (χ1n) is 14.6. The molecule has 10 atom stereocenters. The van der Waals surface area contributed by atoms with Crippen molar-refractivity contribution in [1.82, 2.24) is 0 Å². The van der Waals surface area contributed by atoms with Crippen LogP contribution < -0.4 is 0 Å². The zero-order chi connectivity index (χ0) is 25.8. The van der Waals surface area contributed by atoms with Gasteiger partial charge < -0.3 is 4.79 Å². The molecule has 0 saturated heterocycles. The van der Waals surface area contributed by atoms with Crippen molar-refractivity contribution >= 4 is 11.6 Å². The zero-order valence-electron chi connectivity index (χ0n) is 24.5. The summed E-state index contributed by atoms with van der Waals surface area (Å²) >= 11 is 0. The Bertz CT molecular complexity index is 763. The fourth-order valence-electron chi connectivity index (χ4n) is 9.79. The predicted octanol–water partition coefficient (Wildman–Crippen LogP) is 8.62. The maximum Gasteiger partial charge on any atom is 0.137 e. The molecule has 0 aliphatic heterocycles. The summed E-state index contributed by atoms with van der Waals surface area (Å²) in [4.78, 5) is 25.5. The number of carbonyl (C=O) groups is 2. The minimum Gasteiger partial charge on any atom is -0.300 e. The van der Waals surface area contributed by atoms with Crippen molar-refractivity contribution in [2.45, 2.75) is 121 Å². The second kappa shape index (κ2) is 9.66. The van der Waals surface area contributed by atoms with Crippen LogP contribution in [0.25, 0.3) is 0 Å². The molecular weight excluding hydrogens is 416 g/mol. The molecule has 3 aliphatic rings. The Morgan fingerprint density at radius 2 is 1.53 bits per heavy atom. The van der Waals surface area contributed by atoms with Crippen LogP contribution in [-0.2, 0) is 9.59 Å². The van der Waals surface area contributed by atoms with Crippen LogP contribution in [-0.4, -0.2) is 11.6 Å². The van der Waals surface area contributed by atoms with E-state index in [1.165, 1.54) is 25.7 Å². The Hall–Kier alpha value is -0.660. The molecule has 0 spiro atoms. The molecule has 34 heavy (non-hydrogen) atoms. The molecule has 2 heteroatoms. The fraction of sp³-hybridized carbons (Fsp3) is 0.938. The van der Waals surface area contributed by atoms with E-state index in [9.17, 15) is 9.59 Å². The van der Waals surface area contributed by atoms with E-state index in [-0.39, 0.29) is 16.7 Å². The molecule has 0 aromatic rings. The van der Waals surface area contributed by atoms with Gasteiger partial charge >= 0.3 is 0 Å².